The molecule has 0 aliphatic carbocycles. The molecule has 0 fully saturated rings. The van der Waals surface area contributed by atoms with Gasteiger partial charge in [0.1, 0.15) is 0 Å². The average molecular weight is 363 g/mol. The molecule has 0 aliphatic rings. The predicted octanol–water partition coefficient (Wildman–Crippen LogP) is 3.43. The molecule has 0 saturated heterocycles. The van der Waals surface area contributed by atoms with Gasteiger partial charge in [0.25, 0.3) is 5.56 Å². The van der Waals surface area contributed by atoms with E-state index in [9.17, 15) is 31.1 Å². The summed E-state index contributed by atoms with van der Waals surface area (Å²) in [5.41, 5.74) is -2.40. The Morgan fingerprint density at radius 1 is 0.840 bits per heavy atom. The summed E-state index contributed by atoms with van der Waals surface area (Å²) in [4.78, 5) is 22.7. The van der Waals surface area contributed by atoms with E-state index in [1.165, 1.54) is 0 Å². The molecule has 0 radical (unpaired) electrons. The topological polar surface area (TPSA) is 86.5 Å². The monoisotopic (exact) mass is 363 g/mol. The summed E-state index contributed by atoms with van der Waals surface area (Å²) in [6, 6.07) is 3.69. The third-order valence-corrected chi connectivity index (χ3v) is 3.10. The molecule has 1 aromatic carbocycles. The zero-order valence-electron chi connectivity index (χ0n) is 11.9. The van der Waals surface area contributed by atoms with Gasteiger partial charge in [-0.15, -0.1) is 0 Å². The van der Waals surface area contributed by atoms with Crippen LogP contribution in [0.2, 0.25) is 0 Å². The van der Waals surface area contributed by atoms with Crippen molar-refractivity contribution in [1.82, 2.24) is 19.9 Å². The van der Waals surface area contributed by atoms with Crippen LogP contribution in [0.4, 0.5) is 37.8 Å². The van der Waals surface area contributed by atoms with E-state index >= 15 is 0 Å². The summed E-state index contributed by atoms with van der Waals surface area (Å²) in [5.74, 6) is -1.73. The van der Waals surface area contributed by atoms with Crippen LogP contribution in [0.25, 0.3) is 11.3 Å². The highest BCUT2D eigenvalue weighted by atomic mass is 19.4. The third kappa shape index (κ3) is 3.41. The van der Waals surface area contributed by atoms with Gasteiger partial charge in [-0.05, 0) is 24.3 Å². The number of aromatic amines is 2. The molecule has 25 heavy (non-hydrogen) atoms. The molecular formula is C13H7F6N5O. The largest absolute Gasteiger partial charge is 0.449 e. The average Bonchev–Trinajstić information content (AvgIpc) is 2.90. The van der Waals surface area contributed by atoms with Gasteiger partial charge in [-0.25, -0.2) is 9.97 Å². The smallest absolute Gasteiger partial charge is 0.336 e. The van der Waals surface area contributed by atoms with E-state index in [-0.39, 0.29) is 11.3 Å². The molecule has 132 valence electrons. The minimum Gasteiger partial charge on any atom is -0.336 e. The zero-order valence-corrected chi connectivity index (χ0v) is 11.9. The van der Waals surface area contributed by atoms with Crippen LogP contribution < -0.4 is 10.9 Å². The highest BCUT2D eigenvalue weighted by molar-refractivity contribution is 5.69. The first kappa shape index (κ1) is 16.8. The maximum absolute atomic E-state index is 12.6. The van der Waals surface area contributed by atoms with Crippen molar-refractivity contribution in [3.05, 3.63) is 46.0 Å². The summed E-state index contributed by atoms with van der Waals surface area (Å²) in [5, 5.41) is 2.44. The van der Waals surface area contributed by atoms with Crippen LogP contribution in [0.5, 0.6) is 0 Å². The van der Waals surface area contributed by atoms with E-state index in [1.54, 1.807) is 0 Å². The van der Waals surface area contributed by atoms with Crippen molar-refractivity contribution < 1.29 is 26.3 Å². The van der Waals surface area contributed by atoms with Gasteiger partial charge in [0.05, 0.1) is 5.56 Å². The number of nitrogens with one attached hydrogen (secondary N) is 3. The number of anilines is 2. The van der Waals surface area contributed by atoms with E-state index in [1.807, 2.05) is 4.98 Å². The van der Waals surface area contributed by atoms with Gasteiger partial charge in [-0.2, -0.15) is 26.3 Å². The van der Waals surface area contributed by atoms with Crippen molar-refractivity contribution in [3.63, 3.8) is 0 Å². The number of aromatic nitrogens is 4. The molecule has 0 amide bonds. The molecule has 3 aromatic rings. The van der Waals surface area contributed by atoms with Gasteiger partial charge in [0.2, 0.25) is 5.82 Å². The lowest BCUT2D eigenvalue weighted by Gasteiger charge is -2.08. The molecule has 2 heterocycles. The first-order chi connectivity index (χ1) is 11.5. The van der Waals surface area contributed by atoms with E-state index < -0.39 is 40.8 Å². The second-order valence-electron chi connectivity index (χ2n) is 4.90. The molecule has 2 aromatic heterocycles. The number of halogens is 6. The molecule has 0 aliphatic heterocycles. The second kappa shape index (κ2) is 5.50. The van der Waals surface area contributed by atoms with Gasteiger partial charge in [0, 0.05) is 5.69 Å². The molecule has 3 N–H and O–H groups in total. The summed E-state index contributed by atoms with van der Waals surface area (Å²) in [6.45, 7) is 0. The Labute approximate surface area is 133 Å². The maximum Gasteiger partial charge on any atom is 0.449 e. The van der Waals surface area contributed by atoms with E-state index in [4.69, 9.17) is 0 Å². The predicted molar refractivity (Wildman–Crippen MR) is 74.2 cm³/mol. The molecule has 0 saturated carbocycles. The van der Waals surface area contributed by atoms with Crippen LogP contribution >= 0.6 is 0 Å². The number of imidazole rings is 1. The highest BCUT2D eigenvalue weighted by Crippen LogP contribution is 2.30. The molecular weight excluding hydrogens is 356 g/mol. The first-order valence-corrected chi connectivity index (χ1v) is 6.55. The van der Waals surface area contributed by atoms with E-state index in [0.717, 1.165) is 24.3 Å². The standard InChI is InChI=1S/C13H7F6N5O/c14-12(15,16)5-1-3-6(4-2-5)20-9-10(25)22-8-7(21-9)23-11(24-8)13(17,18)19/h1-4H,(H3,20,21,22,23,24,25). The lowest BCUT2D eigenvalue weighted by atomic mass is 10.2. The number of hydrogen-bond donors (Lipinski definition) is 3. The fraction of sp³-hybridized carbons (Fsp3) is 0.154. The van der Waals surface area contributed by atoms with Crippen molar-refractivity contribution in [2.24, 2.45) is 0 Å². The van der Waals surface area contributed by atoms with Crippen molar-refractivity contribution in [2.75, 3.05) is 5.32 Å². The quantitative estimate of drug-likeness (QED) is 0.609. The SMILES string of the molecule is O=c1[nH]c2nc(C(F)(F)F)[nH]c2nc1Nc1ccc(C(F)(F)F)cc1. The van der Waals surface area contributed by atoms with E-state index in [2.05, 4.69) is 20.3 Å². The fourth-order valence-corrected chi connectivity index (χ4v) is 1.96. The van der Waals surface area contributed by atoms with Crippen LogP contribution in [0.1, 0.15) is 11.4 Å². The number of benzene rings is 1. The summed E-state index contributed by atoms with van der Waals surface area (Å²) in [6.07, 6.45) is -9.27. The molecule has 0 bridgehead atoms. The number of hydrogen-bond acceptors (Lipinski definition) is 4. The molecule has 0 spiro atoms. The minimum absolute atomic E-state index is 0.0981. The number of rotatable bonds is 2. The van der Waals surface area contributed by atoms with Crippen LogP contribution in [0, 0.1) is 0 Å². The summed E-state index contributed by atoms with van der Waals surface area (Å²) in [7, 11) is 0. The zero-order chi connectivity index (χ0) is 18.4. The molecule has 12 heteroatoms. The van der Waals surface area contributed by atoms with E-state index in [0.29, 0.717) is 0 Å². The van der Waals surface area contributed by atoms with Crippen LogP contribution in [-0.4, -0.2) is 19.9 Å². The fourth-order valence-electron chi connectivity index (χ4n) is 1.96. The molecule has 6 nitrogen and oxygen atoms in total. The number of alkyl halides is 6. The Bertz CT molecular complexity index is 970. The van der Waals surface area contributed by atoms with Crippen LogP contribution in [0.15, 0.2) is 29.1 Å². The number of fused-ring (bicyclic) bond motifs is 1. The van der Waals surface area contributed by atoms with Gasteiger partial charge in [-0.1, -0.05) is 0 Å². The van der Waals surface area contributed by atoms with Crippen molar-refractivity contribution in [3.8, 4) is 0 Å². The molecule has 0 unspecified atom stereocenters. The normalized spacial score (nSPS) is 12.6. The van der Waals surface area contributed by atoms with Crippen LogP contribution in [-0.2, 0) is 12.4 Å². The Morgan fingerprint density at radius 2 is 1.44 bits per heavy atom. The maximum atomic E-state index is 12.6. The second-order valence-corrected chi connectivity index (χ2v) is 4.90. The number of H-pyrrole nitrogens is 2. The Kier molecular flexibility index (Phi) is 3.69. The number of nitrogens with zero attached hydrogens (tertiary/aromatic N) is 2. The lowest BCUT2D eigenvalue weighted by molar-refractivity contribution is -0.144. The van der Waals surface area contributed by atoms with Gasteiger partial charge in [-0.3, -0.25) is 4.79 Å². The highest BCUT2D eigenvalue weighted by Gasteiger charge is 2.35. The van der Waals surface area contributed by atoms with Crippen molar-refractivity contribution in [2.45, 2.75) is 12.4 Å². The van der Waals surface area contributed by atoms with Crippen molar-refractivity contribution in [1.29, 1.82) is 0 Å². The minimum atomic E-state index is -4.75. The Hall–Kier alpha value is -3.05. The molecule has 0 atom stereocenters. The first-order valence-electron chi connectivity index (χ1n) is 6.55. The summed E-state index contributed by atoms with van der Waals surface area (Å²) >= 11 is 0. The van der Waals surface area contributed by atoms with Crippen molar-refractivity contribution >= 4 is 22.8 Å². The third-order valence-electron chi connectivity index (χ3n) is 3.10. The van der Waals surface area contributed by atoms with Gasteiger partial charge >= 0.3 is 12.4 Å². The van der Waals surface area contributed by atoms with Crippen LogP contribution in [0.3, 0.4) is 0 Å². The summed E-state index contributed by atoms with van der Waals surface area (Å²) < 4.78 is 75.2. The Balaban J connectivity index is 1.93. The van der Waals surface area contributed by atoms with Gasteiger partial charge in [0.15, 0.2) is 17.1 Å². The Morgan fingerprint density at radius 3 is 2.00 bits per heavy atom. The lowest BCUT2D eigenvalue weighted by Crippen LogP contribution is -2.14. The van der Waals surface area contributed by atoms with Gasteiger partial charge < -0.3 is 15.3 Å². The molecule has 3 rings (SSSR count).